The topological polar surface area (TPSA) is 67.8 Å². The number of rotatable bonds is 7. The van der Waals surface area contributed by atoms with E-state index >= 15 is 0 Å². The largest absolute Gasteiger partial charge is 0.493 e. The van der Waals surface area contributed by atoms with Crippen molar-refractivity contribution in [2.24, 2.45) is 0 Å². The van der Waals surface area contributed by atoms with Gasteiger partial charge in [-0.1, -0.05) is 6.92 Å². The first kappa shape index (κ1) is 16.3. The van der Waals surface area contributed by atoms with Crippen molar-refractivity contribution in [2.45, 2.75) is 32.7 Å². The van der Waals surface area contributed by atoms with Gasteiger partial charge in [-0.05, 0) is 36.6 Å². The molecule has 2 N–H and O–H groups in total. The first-order chi connectivity index (χ1) is 9.55. The molecule has 0 radical (unpaired) electrons. The van der Waals surface area contributed by atoms with Crippen LogP contribution in [0.15, 0.2) is 12.1 Å². The lowest BCUT2D eigenvalue weighted by atomic mass is 10.0. The number of ether oxygens (including phenoxy) is 2. The molecule has 0 fully saturated rings. The van der Waals surface area contributed by atoms with Crippen LogP contribution in [0, 0.1) is 6.92 Å². The van der Waals surface area contributed by atoms with E-state index in [1.807, 2.05) is 26.0 Å². The third kappa shape index (κ3) is 4.13. The van der Waals surface area contributed by atoms with Gasteiger partial charge in [0.1, 0.15) is 0 Å². The standard InChI is InChI=1S/C15H23NO4/c1-5-12(9-17)16-15(18)8-11-7-14(20-4)13(19-3)6-10(11)2/h6-7,12,17H,5,8-9H2,1-4H3,(H,16,18). The monoisotopic (exact) mass is 281 g/mol. The molecule has 0 aliphatic rings. The average Bonchev–Trinajstić information content (AvgIpc) is 2.46. The molecular formula is C15H23NO4. The number of aliphatic hydroxyl groups is 1. The molecule has 1 rings (SSSR count). The van der Waals surface area contributed by atoms with Crippen LogP contribution in [0.4, 0.5) is 0 Å². The van der Waals surface area contributed by atoms with Gasteiger partial charge in [0, 0.05) is 0 Å². The molecule has 0 aliphatic heterocycles. The molecule has 0 heterocycles. The van der Waals surface area contributed by atoms with Crippen molar-refractivity contribution in [1.82, 2.24) is 5.32 Å². The molecule has 0 bridgehead atoms. The van der Waals surface area contributed by atoms with Crippen LogP contribution < -0.4 is 14.8 Å². The minimum Gasteiger partial charge on any atom is -0.493 e. The zero-order valence-corrected chi connectivity index (χ0v) is 12.5. The Bertz CT molecular complexity index is 455. The molecule has 0 spiro atoms. The molecule has 20 heavy (non-hydrogen) atoms. The van der Waals surface area contributed by atoms with Crippen LogP contribution in [0.2, 0.25) is 0 Å². The molecule has 1 amide bonds. The Labute approximate surface area is 119 Å². The molecule has 0 saturated carbocycles. The molecule has 112 valence electrons. The lowest BCUT2D eigenvalue weighted by Crippen LogP contribution is -2.37. The highest BCUT2D eigenvalue weighted by molar-refractivity contribution is 5.79. The minimum absolute atomic E-state index is 0.0485. The van der Waals surface area contributed by atoms with Gasteiger partial charge in [-0.15, -0.1) is 0 Å². The maximum absolute atomic E-state index is 12.0. The summed E-state index contributed by atoms with van der Waals surface area (Å²) in [5.74, 6) is 1.15. The molecule has 1 unspecified atom stereocenters. The van der Waals surface area contributed by atoms with Gasteiger partial charge in [0.05, 0.1) is 33.3 Å². The van der Waals surface area contributed by atoms with Crippen LogP contribution in [0.3, 0.4) is 0 Å². The molecular weight excluding hydrogens is 258 g/mol. The summed E-state index contributed by atoms with van der Waals surface area (Å²) in [7, 11) is 3.15. The summed E-state index contributed by atoms with van der Waals surface area (Å²) in [6.07, 6.45) is 0.954. The number of aryl methyl sites for hydroxylation is 1. The predicted molar refractivity (Wildman–Crippen MR) is 77.3 cm³/mol. The fourth-order valence-electron chi connectivity index (χ4n) is 1.94. The van der Waals surface area contributed by atoms with Crippen LogP contribution in [0.1, 0.15) is 24.5 Å². The van der Waals surface area contributed by atoms with Gasteiger partial charge in [0.2, 0.25) is 5.91 Å². The number of carbonyl (C=O) groups excluding carboxylic acids is 1. The molecule has 5 heteroatoms. The second-order valence-corrected chi connectivity index (χ2v) is 4.67. The average molecular weight is 281 g/mol. The van der Waals surface area contributed by atoms with Crippen LogP contribution >= 0.6 is 0 Å². The molecule has 0 aliphatic carbocycles. The third-order valence-corrected chi connectivity index (χ3v) is 3.27. The Balaban J connectivity index is 2.84. The molecule has 1 aromatic carbocycles. The van der Waals surface area contributed by atoms with Gasteiger partial charge in [-0.3, -0.25) is 4.79 Å². The van der Waals surface area contributed by atoms with Gasteiger partial charge in [-0.2, -0.15) is 0 Å². The van der Waals surface area contributed by atoms with E-state index in [1.54, 1.807) is 14.2 Å². The van der Waals surface area contributed by atoms with Crippen molar-refractivity contribution in [2.75, 3.05) is 20.8 Å². The summed E-state index contributed by atoms with van der Waals surface area (Å²) in [5.41, 5.74) is 1.85. The second kappa shape index (κ2) is 7.75. The van der Waals surface area contributed by atoms with Gasteiger partial charge in [0.25, 0.3) is 0 Å². The highest BCUT2D eigenvalue weighted by Gasteiger charge is 2.14. The quantitative estimate of drug-likeness (QED) is 0.793. The van der Waals surface area contributed by atoms with E-state index in [4.69, 9.17) is 14.6 Å². The maximum atomic E-state index is 12.0. The predicted octanol–water partition coefficient (Wildman–Crippen LogP) is 1.44. The molecule has 1 aromatic rings. The summed E-state index contributed by atoms with van der Waals surface area (Å²) in [6.45, 7) is 3.80. The summed E-state index contributed by atoms with van der Waals surface area (Å²) >= 11 is 0. The van der Waals surface area contributed by atoms with Crippen molar-refractivity contribution in [3.63, 3.8) is 0 Å². The van der Waals surface area contributed by atoms with Gasteiger partial charge >= 0.3 is 0 Å². The maximum Gasteiger partial charge on any atom is 0.224 e. The van der Waals surface area contributed by atoms with Crippen molar-refractivity contribution >= 4 is 5.91 Å². The minimum atomic E-state index is -0.192. The van der Waals surface area contributed by atoms with Crippen molar-refractivity contribution in [3.8, 4) is 11.5 Å². The van der Waals surface area contributed by atoms with Crippen molar-refractivity contribution in [3.05, 3.63) is 23.3 Å². The van der Waals surface area contributed by atoms with E-state index < -0.39 is 0 Å². The van der Waals surface area contributed by atoms with Crippen LogP contribution in [-0.4, -0.2) is 37.9 Å². The highest BCUT2D eigenvalue weighted by atomic mass is 16.5. The zero-order chi connectivity index (χ0) is 15.1. The van der Waals surface area contributed by atoms with E-state index in [1.165, 1.54) is 0 Å². The summed E-state index contributed by atoms with van der Waals surface area (Å²) in [5, 5.41) is 11.9. The Morgan fingerprint density at radius 1 is 1.30 bits per heavy atom. The van der Waals surface area contributed by atoms with Crippen molar-refractivity contribution in [1.29, 1.82) is 0 Å². The Hall–Kier alpha value is -1.75. The number of carbonyl (C=O) groups is 1. The third-order valence-electron chi connectivity index (χ3n) is 3.27. The first-order valence-corrected chi connectivity index (χ1v) is 6.67. The zero-order valence-electron chi connectivity index (χ0n) is 12.5. The number of methoxy groups -OCH3 is 2. The van der Waals surface area contributed by atoms with Gasteiger partial charge < -0.3 is 19.9 Å². The van der Waals surface area contributed by atoms with Crippen LogP contribution in [0.25, 0.3) is 0 Å². The molecule has 0 saturated heterocycles. The van der Waals surface area contributed by atoms with E-state index in [9.17, 15) is 4.79 Å². The van der Waals surface area contributed by atoms with E-state index in [0.29, 0.717) is 17.9 Å². The summed E-state index contributed by atoms with van der Waals surface area (Å²) in [4.78, 5) is 12.0. The van der Waals surface area contributed by atoms with E-state index in [2.05, 4.69) is 5.32 Å². The smallest absolute Gasteiger partial charge is 0.224 e. The van der Waals surface area contributed by atoms with Crippen LogP contribution in [0.5, 0.6) is 11.5 Å². The van der Waals surface area contributed by atoms with E-state index in [-0.39, 0.29) is 25.0 Å². The Kier molecular flexibility index (Phi) is 6.31. The number of benzene rings is 1. The first-order valence-electron chi connectivity index (χ1n) is 6.67. The second-order valence-electron chi connectivity index (χ2n) is 4.67. The number of hydrogen-bond donors (Lipinski definition) is 2. The molecule has 0 aromatic heterocycles. The van der Waals surface area contributed by atoms with Crippen LogP contribution in [-0.2, 0) is 11.2 Å². The lowest BCUT2D eigenvalue weighted by Gasteiger charge is -2.16. The number of nitrogens with one attached hydrogen (secondary N) is 1. The summed E-state index contributed by atoms with van der Waals surface area (Å²) < 4.78 is 10.5. The Morgan fingerprint density at radius 2 is 1.90 bits per heavy atom. The van der Waals surface area contributed by atoms with Gasteiger partial charge in [-0.25, -0.2) is 0 Å². The normalized spacial score (nSPS) is 11.8. The molecule has 5 nitrogen and oxygen atoms in total. The number of aliphatic hydroxyl groups excluding tert-OH is 1. The Morgan fingerprint density at radius 3 is 2.40 bits per heavy atom. The number of amides is 1. The van der Waals surface area contributed by atoms with Gasteiger partial charge in [0.15, 0.2) is 11.5 Å². The SMILES string of the molecule is CCC(CO)NC(=O)Cc1cc(OC)c(OC)cc1C. The fraction of sp³-hybridized carbons (Fsp3) is 0.533. The fourth-order valence-corrected chi connectivity index (χ4v) is 1.94. The number of hydrogen-bond acceptors (Lipinski definition) is 4. The summed E-state index contributed by atoms with van der Waals surface area (Å²) in [6, 6.07) is 3.47. The lowest BCUT2D eigenvalue weighted by molar-refractivity contribution is -0.121. The van der Waals surface area contributed by atoms with Crippen molar-refractivity contribution < 1.29 is 19.4 Å². The molecule has 1 atom stereocenters. The highest BCUT2D eigenvalue weighted by Crippen LogP contribution is 2.30. The van der Waals surface area contributed by atoms with E-state index in [0.717, 1.165) is 11.1 Å².